The number of hydrogen-bond donors (Lipinski definition) is 1. The van der Waals surface area contributed by atoms with E-state index < -0.39 is 0 Å². The summed E-state index contributed by atoms with van der Waals surface area (Å²) >= 11 is 6.28. The highest BCUT2D eigenvalue weighted by atomic mass is 32.2. The van der Waals surface area contributed by atoms with E-state index >= 15 is 0 Å². The minimum absolute atomic E-state index is 0.144. The Hall–Kier alpha value is -2.31. The van der Waals surface area contributed by atoms with Crippen LogP contribution in [0, 0.1) is 6.92 Å². The van der Waals surface area contributed by atoms with E-state index in [0.717, 1.165) is 23.5 Å². The normalized spacial score (nSPS) is 15.1. The molecule has 6 heteroatoms. The van der Waals surface area contributed by atoms with E-state index in [0.29, 0.717) is 28.4 Å². The maximum Gasteiger partial charge on any atom is 0.263 e. The number of carbonyl (C=O) groups excluding carboxylic acids is 1. The lowest BCUT2D eigenvalue weighted by atomic mass is 10.0. The Morgan fingerprint density at radius 2 is 1.83 bits per heavy atom. The van der Waals surface area contributed by atoms with Gasteiger partial charge < -0.3 is 14.8 Å². The summed E-state index contributed by atoms with van der Waals surface area (Å²) in [6, 6.07) is 14.0. The van der Waals surface area contributed by atoms with Crippen LogP contribution < -0.4 is 14.8 Å². The Morgan fingerprint density at radius 3 is 2.48 bits per heavy atom. The molecule has 1 heterocycles. The van der Waals surface area contributed by atoms with Crippen molar-refractivity contribution in [1.29, 1.82) is 0 Å². The van der Waals surface area contributed by atoms with Crippen molar-refractivity contribution >= 4 is 40.3 Å². The molecule has 2 aromatic carbocycles. The third-order valence-corrected chi connectivity index (χ3v) is 5.59. The molecule has 0 unspecified atom stereocenters. The molecule has 1 amide bonds. The fraction of sp³-hybridized carbons (Fsp3) is 0.304. The van der Waals surface area contributed by atoms with Gasteiger partial charge in [-0.1, -0.05) is 62.1 Å². The second kappa shape index (κ2) is 9.94. The van der Waals surface area contributed by atoms with E-state index in [9.17, 15) is 4.79 Å². The van der Waals surface area contributed by atoms with Crippen molar-refractivity contribution in [3.63, 3.8) is 0 Å². The first-order chi connectivity index (χ1) is 13.9. The average molecular weight is 428 g/mol. The van der Waals surface area contributed by atoms with Gasteiger partial charge in [-0.15, -0.1) is 0 Å². The monoisotopic (exact) mass is 427 g/mol. The number of thioether (sulfide) groups is 1. The number of nitrogens with one attached hydrogen (secondary N) is 1. The van der Waals surface area contributed by atoms with Crippen molar-refractivity contribution in [1.82, 2.24) is 5.32 Å². The molecule has 1 fully saturated rings. The lowest BCUT2D eigenvalue weighted by Crippen LogP contribution is -2.17. The number of amides is 1. The number of carbonyl (C=O) groups is 1. The zero-order valence-electron chi connectivity index (χ0n) is 16.9. The molecule has 152 valence electrons. The smallest absolute Gasteiger partial charge is 0.263 e. The summed E-state index contributed by atoms with van der Waals surface area (Å²) in [5.41, 5.74) is 3.37. The van der Waals surface area contributed by atoms with Gasteiger partial charge in [-0.3, -0.25) is 4.79 Å². The van der Waals surface area contributed by atoms with Gasteiger partial charge >= 0.3 is 0 Å². The van der Waals surface area contributed by atoms with E-state index in [1.807, 2.05) is 30.3 Å². The maximum atomic E-state index is 11.7. The molecule has 3 rings (SSSR count). The Kier molecular flexibility index (Phi) is 7.34. The standard InChI is InChI=1S/C23H25NO3S2/c1-15(2)19-10-5-16(3)13-20(19)27-12-4-11-26-18-8-6-17(7-9-18)14-21-22(25)24-23(28)29-21/h5-10,13-15H,4,11-12H2,1-3H3,(H,24,25,28)/b21-14+. The van der Waals surface area contributed by atoms with Crippen molar-refractivity contribution in [2.24, 2.45) is 0 Å². The molecule has 4 nitrogen and oxygen atoms in total. The van der Waals surface area contributed by atoms with Crippen LogP contribution in [-0.4, -0.2) is 23.4 Å². The molecule has 0 atom stereocenters. The Bertz CT molecular complexity index is 920. The van der Waals surface area contributed by atoms with Crippen molar-refractivity contribution in [3.8, 4) is 11.5 Å². The molecule has 0 bridgehead atoms. The predicted octanol–water partition coefficient (Wildman–Crippen LogP) is 5.46. The zero-order valence-corrected chi connectivity index (χ0v) is 18.5. The van der Waals surface area contributed by atoms with Crippen LogP contribution in [0.2, 0.25) is 0 Å². The van der Waals surface area contributed by atoms with Gasteiger partial charge in [0.15, 0.2) is 0 Å². The van der Waals surface area contributed by atoms with Gasteiger partial charge in [0.05, 0.1) is 18.1 Å². The first-order valence-electron chi connectivity index (χ1n) is 9.63. The number of ether oxygens (including phenoxy) is 2. The number of thiocarbonyl (C=S) groups is 1. The topological polar surface area (TPSA) is 47.6 Å². The van der Waals surface area contributed by atoms with Crippen molar-refractivity contribution in [2.45, 2.75) is 33.1 Å². The quantitative estimate of drug-likeness (QED) is 0.345. The minimum Gasteiger partial charge on any atom is -0.493 e. The summed E-state index contributed by atoms with van der Waals surface area (Å²) in [5.74, 6) is 2.05. The van der Waals surface area contributed by atoms with E-state index in [4.69, 9.17) is 21.7 Å². The van der Waals surface area contributed by atoms with Gasteiger partial charge in [0, 0.05) is 6.42 Å². The summed E-state index contributed by atoms with van der Waals surface area (Å²) < 4.78 is 12.3. The summed E-state index contributed by atoms with van der Waals surface area (Å²) in [7, 11) is 0. The number of rotatable bonds is 8. The maximum absolute atomic E-state index is 11.7. The van der Waals surface area contributed by atoms with Crippen LogP contribution in [0.1, 0.15) is 42.9 Å². The van der Waals surface area contributed by atoms with Crippen molar-refractivity contribution in [3.05, 3.63) is 64.1 Å². The first kappa shape index (κ1) is 21.4. The van der Waals surface area contributed by atoms with Crippen LogP contribution in [0.4, 0.5) is 0 Å². The van der Waals surface area contributed by atoms with Crippen molar-refractivity contribution < 1.29 is 14.3 Å². The number of aryl methyl sites for hydroxylation is 1. The highest BCUT2D eigenvalue weighted by molar-refractivity contribution is 8.26. The largest absolute Gasteiger partial charge is 0.493 e. The third-order valence-electron chi connectivity index (χ3n) is 4.43. The van der Waals surface area contributed by atoms with Crippen LogP contribution in [0.5, 0.6) is 11.5 Å². The zero-order chi connectivity index (χ0) is 20.8. The SMILES string of the molecule is Cc1ccc(C(C)C)c(OCCCOc2ccc(/C=C3/SC(=S)NC3=O)cc2)c1. The van der Waals surface area contributed by atoms with Crippen LogP contribution in [-0.2, 0) is 4.79 Å². The molecule has 0 spiro atoms. The van der Waals surface area contributed by atoms with Gasteiger partial charge in [0.2, 0.25) is 0 Å². The fourth-order valence-corrected chi connectivity index (χ4v) is 3.95. The summed E-state index contributed by atoms with van der Waals surface area (Å²) in [5, 5.41) is 2.61. The van der Waals surface area contributed by atoms with Crippen LogP contribution in [0.25, 0.3) is 6.08 Å². The summed E-state index contributed by atoms with van der Waals surface area (Å²) in [4.78, 5) is 12.3. The fourth-order valence-electron chi connectivity index (χ4n) is 2.91. The highest BCUT2D eigenvalue weighted by Crippen LogP contribution is 2.28. The second-order valence-electron chi connectivity index (χ2n) is 7.17. The van der Waals surface area contributed by atoms with Crippen molar-refractivity contribution in [2.75, 3.05) is 13.2 Å². The first-order valence-corrected chi connectivity index (χ1v) is 10.9. The molecular formula is C23H25NO3S2. The molecular weight excluding hydrogens is 402 g/mol. The second-order valence-corrected chi connectivity index (χ2v) is 8.89. The highest BCUT2D eigenvalue weighted by Gasteiger charge is 2.21. The van der Waals surface area contributed by atoms with Gasteiger partial charge in [-0.2, -0.15) is 0 Å². The van der Waals surface area contributed by atoms with E-state index in [1.54, 1.807) is 0 Å². The Balaban J connectivity index is 1.46. The van der Waals surface area contributed by atoms with Crippen LogP contribution >= 0.6 is 24.0 Å². The van der Waals surface area contributed by atoms with Crippen LogP contribution in [0.3, 0.4) is 0 Å². The lowest BCUT2D eigenvalue weighted by Gasteiger charge is -2.15. The predicted molar refractivity (Wildman–Crippen MR) is 124 cm³/mol. The number of hydrogen-bond acceptors (Lipinski definition) is 5. The summed E-state index contributed by atoms with van der Waals surface area (Å²) in [6.45, 7) is 7.61. The Labute approximate surface area is 181 Å². The third kappa shape index (κ3) is 6.08. The van der Waals surface area contributed by atoms with Gasteiger partial charge in [0.25, 0.3) is 5.91 Å². The molecule has 1 aliphatic heterocycles. The molecule has 0 saturated carbocycles. The molecule has 29 heavy (non-hydrogen) atoms. The minimum atomic E-state index is -0.144. The average Bonchev–Trinajstić information content (AvgIpc) is 2.99. The van der Waals surface area contributed by atoms with E-state index in [-0.39, 0.29) is 5.91 Å². The number of benzene rings is 2. The van der Waals surface area contributed by atoms with Gasteiger partial charge in [0.1, 0.15) is 15.8 Å². The lowest BCUT2D eigenvalue weighted by molar-refractivity contribution is -0.115. The molecule has 0 radical (unpaired) electrons. The molecule has 0 aromatic heterocycles. The van der Waals surface area contributed by atoms with Gasteiger partial charge in [-0.25, -0.2) is 0 Å². The molecule has 1 saturated heterocycles. The molecule has 1 aliphatic rings. The molecule has 2 aromatic rings. The van der Waals surface area contributed by atoms with Crippen LogP contribution in [0.15, 0.2) is 47.4 Å². The molecule has 0 aliphatic carbocycles. The Morgan fingerprint density at radius 1 is 1.10 bits per heavy atom. The summed E-state index contributed by atoms with van der Waals surface area (Å²) in [6.07, 6.45) is 2.62. The van der Waals surface area contributed by atoms with E-state index in [2.05, 4.69) is 44.3 Å². The van der Waals surface area contributed by atoms with E-state index in [1.165, 1.54) is 22.9 Å². The van der Waals surface area contributed by atoms with Gasteiger partial charge in [-0.05, 0) is 53.8 Å². The molecule has 1 N–H and O–H groups in total.